The summed E-state index contributed by atoms with van der Waals surface area (Å²) in [6.07, 6.45) is 7.06. The molecule has 0 spiro atoms. The summed E-state index contributed by atoms with van der Waals surface area (Å²) in [5.41, 5.74) is 5.67. The average Bonchev–Trinajstić information content (AvgIpc) is 3.64. The highest BCUT2D eigenvalue weighted by Crippen LogP contribution is 2.30. The fourth-order valence-corrected chi connectivity index (χ4v) is 5.79. The standard InChI is InChI=1S/C33H33FN8O/c34-27-3-1-2-23(14-27)18-42-32-7-5-28(15-26(32)17-38-42)39-33-30-16-24(4-6-31(30)36-22-37-33)25-8-11-41(19-25)21-29(43)20-40-12-9-35-10-13-40/h1-8,11,14-17,19,22,29,35,43H,9-10,12-13,18,20-21H2,(H,36,37,39). The second-order valence-corrected chi connectivity index (χ2v) is 11.1. The van der Waals surface area contributed by atoms with Crippen molar-refractivity contribution in [1.82, 2.24) is 34.5 Å². The first kappa shape index (κ1) is 27.2. The van der Waals surface area contributed by atoms with Gasteiger partial charge in [0.25, 0.3) is 0 Å². The van der Waals surface area contributed by atoms with E-state index in [1.807, 2.05) is 47.4 Å². The Morgan fingerprint density at radius 1 is 0.953 bits per heavy atom. The molecule has 6 aromatic rings. The molecule has 4 heterocycles. The molecule has 3 aromatic carbocycles. The van der Waals surface area contributed by atoms with Crippen LogP contribution in [-0.4, -0.2) is 73.1 Å². The molecule has 3 N–H and O–H groups in total. The van der Waals surface area contributed by atoms with Crippen molar-refractivity contribution in [1.29, 1.82) is 0 Å². The lowest BCUT2D eigenvalue weighted by Gasteiger charge is -2.29. The number of piperazine rings is 1. The number of aromatic nitrogens is 5. The molecule has 3 aromatic heterocycles. The van der Waals surface area contributed by atoms with Crippen molar-refractivity contribution < 1.29 is 9.50 Å². The summed E-state index contributed by atoms with van der Waals surface area (Å²) >= 11 is 0. The minimum Gasteiger partial charge on any atom is -0.390 e. The van der Waals surface area contributed by atoms with Gasteiger partial charge in [0.15, 0.2) is 0 Å². The van der Waals surface area contributed by atoms with Gasteiger partial charge in [-0.15, -0.1) is 0 Å². The molecule has 1 atom stereocenters. The molecule has 1 aliphatic heterocycles. The first-order chi connectivity index (χ1) is 21.1. The Balaban J connectivity index is 1.09. The van der Waals surface area contributed by atoms with Crippen molar-refractivity contribution >= 4 is 33.3 Å². The van der Waals surface area contributed by atoms with Crippen molar-refractivity contribution in [2.75, 3.05) is 38.0 Å². The third-order valence-corrected chi connectivity index (χ3v) is 7.95. The normalized spacial score (nSPS) is 14.8. The molecule has 10 heteroatoms. The van der Waals surface area contributed by atoms with Crippen molar-refractivity contribution in [3.05, 3.63) is 103 Å². The third kappa shape index (κ3) is 6.12. The highest BCUT2D eigenvalue weighted by atomic mass is 19.1. The van der Waals surface area contributed by atoms with Crippen LogP contribution in [0.25, 0.3) is 32.9 Å². The van der Waals surface area contributed by atoms with E-state index in [0.29, 0.717) is 25.5 Å². The van der Waals surface area contributed by atoms with E-state index >= 15 is 0 Å². The van der Waals surface area contributed by atoms with Crippen molar-refractivity contribution in [3.63, 3.8) is 0 Å². The van der Waals surface area contributed by atoms with Crippen molar-refractivity contribution in [2.24, 2.45) is 0 Å². The van der Waals surface area contributed by atoms with E-state index in [0.717, 1.165) is 70.4 Å². The molecule has 43 heavy (non-hydrogen) atoms. The van der Waals surface area contributed by atoms with Gasteiger partial charge in [-0.25, -0.2) is 14.4 Å². The van der Waals surface area contributed by atoms with Crippen LogP contribution in [0.1, 0.15) is 5.56 Å². The summed E-state index contributed by atoms with van der Waals surface area (Å²) in [6.45, 7) is 5.60. The molecule has 0 radical (unpaired) electrons. The zero-order chi connectivity index (χ0) is 29.2. The van der Waals surface area contributed by atoms with Gasteiger partial charge in [-0.2, -0.15) is 5.10 Å². The number of fused-ring (bicyclic) bond motifs is 2. The first-order valence-electron chi connectivity index (χ1n) is 14.6. The maximum atomic E-state index is 13.7. The third-order valence-electron chi connectivity index (χ3n) is 7.95. The lowest BCUT2D eigenvalue weighted by molar-refractivity contribution is 0.0919. The molecule has 218 valence electrons. The fraction of sp³-hybridized carbons (Fsp3) is 0.242. The van der Waals surface area contributed by atoms with Crippen LogP contribution in [-0.2, 0) is 13.1 Å². The van der Waals surface area contributed by atoms with Crippen LogP contribution in [0, 0.1) is 5.82 Å². The number of rotatable bonds is 9. The molecular weight excluding hydrogens is 543 g/mol. The second-order valence-electron chi connectivity index (χ2n) is 11.1. The van der Waals surface area contributed by atoms with Crippen LogP contribution in [0.2, 0.25) is 0 Å². The fourth-order valence-electron chi connectivity index (χ4n) is 5.79. The Labute approximate surface area is 248 Å². The summed E-state index contributed by atoms with van der Waals surface area (Å²) in [6, 6.07) is 20.9. The molecule has 1 saturated heterocycles. The number of anilines is 2. The first-order valence-corrected chi connectivity index (χ1v) is 14.6. The second kappa shape index (κ2) is 11.9. The maximum Gasteiger partial charge on any atom is 0.141 e. The van der Waals surface area contributed by atoms with Gasteiger partial charge in [-0.1, -0.05) is 18.2 Å². The molecule has 0 bridgehead atoms. The Hall–Kier alpha value is -4.64. The summed E-state index contributed by atoms with van der Waals surface area (Å²) in [5.74, 6) is 0.461. The van der Waals surface area contributed by atoms with Crippen LogP contribution in [0.15, 0.2) is 91.6 Å². The molecule has 9 nitrogen and oxygen atoms in total. The molecule has 0 aliphatic carbocycles. The molecule has 1 unspecified atom stereocenters. The van der Waals surface area contributed by atoms with E-state index in [2.05, 4.69) is 59.6 Å². The van der Waals surface area contributed by atoms with E-state index in [1.165, 1.54) is 12.1 Å². The largest absolute Gasteiger partial charge is 0.390 e. The van der Waals surface area contributed by atoms with Gasteiger partial charge in [0.2, 0.25) is 0 Å². The monoisotopic (exact) mass is 576 g/mol. The van der Waals surface area contributed by atoms with Crippen LogP contribution < -0.4 is 10.6 Å². The highest BCUT2D eigenvalue weighted by molar-refractivity contribution is 5.94. The Bertz CT molecular complexity index is 1880. The van der Waals surface area contributed by atoms with E-state index in [-0.39, 0.29) is 5.82 Å². The smallest absolute Gasteiger partial charge is 0.141 e. The van der Waals surface area contributed by atoms with Crippen molar-refractivity contribution in [2.45, 2.75) is 19.2 Å². The van der Waals surface area contributed by atoms with Crippen LogP contribution in [0.4, 0.5) is 15.9 Å². The van der Waals surface area contributed by atoms with Gasteiger partial charge in [-0.05, 0) is 65.2 Å². The van der Waals surface area contributed by atoms with E-state index in [1.54, 1.807) is 12.4 Å². The minimum absolute atomic E-state index is 0.251. The number of benzene rings is 3. The topological polar surface area (TPSA) is 96.1 Å². The number of hydrogen-bond donors (Lipinski definition) is 3. The van der Waals surface area contributed by atoms with Gasteiger partial charge in [-0.3, -0.25) is 9.58 Å². The number of aliphatic hydroxyl groups excluding tert-OH is 1. The molecular formula is C33H33FN8O. The predicted molar refractivity (Wildman–Crippen MR) is 167 cm³/mol. The highest BCUT2D eigenvalue weighted by Gasteiger charge is 2.15. The zero-order valence-corrected chi connectivity index (χ0v) is 23.7. The SMILES string of the molecule is OC(CN1CCNCC1)Cn1ccc(-c2ccc3ncnc(Nc4ccc5c(cnn5Cc5cccc(F)c5)c4)c3c2)c1. The van der Waals surface area contributed by atoms with Crippen LogP contribution >= 0.6 is 0 Å². The molecule has 0 amide bonds. The number of hydrogen-bond acceptors (Lipinski definition) is 7. The van der Waals surface area contributed by atoms with Gasteiger partial charge in [0.1, 0.15) is 18.0 Å². The van der Waals surface area contributed by atoms with Gasteiger partial charge in [0, 0.05) is 68.1 Å². The molecule has 0 saturated carbocycles. The number of aliphatic hydroxyl groups is 1. The van der Waals surface area contributed by atoms with Gasteiger partial charge < -0.3 is 20.3 Å². The maximum absolute atomic E-state index is 13.7. The summed E-state index contributed by atoms with van der Waals surface area (Å²) < 4.78 is 17.6. The molecule has 1 aliphatic rings. The number of nitrogens with zero attached hydrogens (tertiary/aromatic N) is 6. The molecule has 1 fully saturated rings. The van der Waals surface area contributed by atoms with E-state index in [9.17, 15) is 9.50 Å². The average molecular weight is 577 g/mol. The Morgan fingerprint density at radius 2 is 1.86 bits per heavy atom. The summed E-state index contributed by atoms with van der Waals surface area (Å²) in [5, 5.41) is 23.9. The summed E-state index contributed by atoms with van der Waals surface area (Å²) in [4.78, 5) is 11.3. The van der Waals surface area contributed by atoms with Crippen molar-refractivity contribution in [3.8, 4) is 11.1 Å². The van der Waals surface area contributed by atoms with Crippen LogP contribution in [0.5, 0.6) is 0 Å². The predicted octanol–water partition coefficient (Wildman–Crippen LogP) is 4.65. The number of β-amino-alcohol motifs (C(OH)–C–C–N with tert-alkyl or cyclic N) is 1. The lowest BCUT2D eigenvalue weighted by atomic mass is 10.1. The van der Waals surface area contributed by atoms with Crippen LogP contribution in [0.3, 0.4) is 0 Å². The number of halogens is 1. The summed E-state index contributed by atoms with van der Waals surface area (Å²) in [7, 11) is 0. The Kier molecular flexibility index (Phi) is 7.55. The van der Waals surface area contributed by atoms with Gasteiger partial charge in [0.05, 0.1) is 29.9 Å². The Morgan fingerprint density at radius 3 is 2.74 bits per heavy atom. The zero-order valence-electron chi connectivity index (χ0n) is 23.7. The number of nitrogens with one attached hydrogen (secondary N) is 2. The quantitative estimate of drug-likeness (QED) is 0.231. The minimum atomic E-state index is -0.426. The van der Waals surface area contributed by atoms with E-state index in [4.69, 9.17) is 0 Å². The lowest BCUT2D eigenvalue weighted by Crippen LogP contribution is -2.46. The molecule has 7 rings (SSSR count). The van der Waals surface area contributed by atoms with Gasteiger partial charge >= 0.3 is 0 Å². The van der Waals surface area contributed by atoms with E-state index < -0.39 is 6.10 Å².